The number of hydrogen-bond donors (Lipinski definition) is 0. The molecule has 0 bridgehead atoms. The first-order valence-corrected chi connectivity index (χ1v) is 8.11. The molecule has 0 saturated heterocycles. The van der Waals surface area contributed by atoms with E-state index in [9.17, 15) is 15.4 Å². The Morgan fingerprint density at radius 3 is 2.62 bits per heavy atom. The molecule has 2 aromatic carbocycles. The summed E-state index contributed by atoms with van der Waals surface area (Å²) in [5.41, 5.74) is 5.09. The summed E-state index contributed by atoms with van der Waals surface area (Å²) in [6.07, 6.45) is 3.67. The van der Waals surface area contributed by atoms with E-state index in [0.29, 0.717) is 11.1 Å². The van der Waals surface area contributed by atoms with Crippen molar-refractivity contribution in [2.45, 2.75) is 13.8 Å². The Bertz CT molecular complexity index is 1060. The molecule has 26 heavy (non-hydrogen) atoms. The topological polar surface area (TPSA) is 71.9 Å². The Hall–Kier alpha value is -3.65. The van der Waals surface area contributed by atoms with Crippen LogP contribution in [0.4, 0.5) is 5.69 Å². The predicted molar refractivity (Wildman–Crippen MR) is 102 cm³/mol. The van der Waals surface area contributed by atoms with Crippen molar-refractivity contribution in [3.8, 4) is 11.8 Å². The van der Waals surface area contributed by atoms with Gasteiger partial charge in [0.2, 0.25) is 0 Å². The highest BCUT2D eigenvalue weighted by atomic mass is 16.6. The molecule has 0 atom stereocenters. The maximum Gasteiger partial charge on any atom is 0.270 e. The zero-order chi connectivity index (χ0) is 18.7. The first-order valence-electron chi connectivity index (χ1n) is 8.11. The minimum atomic E-state index is -0.462. The predicted octanol–water partition coefficient (Wildman–Crippen LogP) is 5.07. The lowest BCUT2D eigenvalue weighted by Crippen LogP contribution is -1.97. The van der Waals surface area contributed by atoms with Gasteiger partial charge in [-0.3, -0.25) is 10.1 Å². The smallest absolute Gasteiger partial charge is 0.270 e. The fourth-order valence-electron chi connectivity index (χ4n) is 2.74. The molecular weight excluding hydrogens is 326 g/mol. The van der Waals surface area contributed by atoms with E-state index >= 15 is 0 Å². The van der Waals surface area contributed by atoms with Gasteiger partial charge in [-0.05, 0) is 60.9 Å². The second-order valence-corrected chi connectivity index (χ2v) is 6.05. The zero-order valence-electron chi connectivity index (χ0n) is 14.5. The van der Waals surface area contributed by atoms with Crippen LogP contribution < -0.4 is 0 Å². The molecule has 0 radical (unpaired) electrons. The monoisotopic (exact) mass is 343 g/mol. The van der Waals surface area contributed by atoms with Gasteiger partial charge >= 0.3 is 0 Å². The van der Waals surface area contributed by atoms with Crippen LogP contribution in [0.1, 0.15) is 22.4 Å². The number of nitro groups is 1. The van der Waals surface area contributed by atoms with Gasteiger partial charge in [0, 0.05) is 29.7 Å². The summed E-state index contributed by atoms with van der Waals surface area (Å²) in [7, 11) is 0. The Balaban J connectivity index is 2.06. The van der Waals surface area contributed by atoms with Crippen molar-refractivity contribution in [3.63, 3.8) is 0 Å². The lowest BCUT2D eigenvalue weighted by Gasteiger charge is -2.10. The minimum Gasteiger partial charge on any atom is -0.317 e. The molecule has 0 aliphatic carbocycles. The maximum atomic E-state index is 11.0. The number of nitriles is 1. The average Bonchev–Trinajstić information content (AvgIpc) is 3.10. The first kappa shape index (κ1) is 17.2. The third kappa shape index (κ3) is 3.40. The average molecular weight is 343 g/mol. The molecule has 0 aliphatic rings. The van der Waals surface area contributed by atoms with Gasteiger partial charge < -0.3 is 4.57 Å². The van der Waals surface area contributed by atoms with Gasteiger partial charge in [-0.1, -0.05) is 18.2 Å². The molecule has 3 rings (SSSR count). The van der Waals surface area contributed by atoms with E-state index in [1.54, 1.807) is 18.2 Å². The lowest BCUT2D eigenvalue weighted by atomic mass is 10.0. The van der Waals surface area contributed by atoms with Gasteiger partial charge in [-0.2, -0.15) is 5.26 Å². The van der Waals surface area contributed by atoms with Crippen LogP contribution >= 0.6 is 0 Å². The summed E-state index contributed by atoms with van der Waals surface area (Å²) >= 11 is 0. The van der Waals surface area contributed by atoms with Crippen molar-refractivity contribution in [1.29, 1.82) is 5.26 Å². The molecule has 0 unspecified atom stereocenters. The number of nitrogens with zero attached hydrogens (tertiary/aromatic N) is 3. The summed E-state index contributed by atoms with van der Waals surface area (Å²) in [5.74, 6) is 0. The van der Waals surface area contributed by atoms with Gasteiger partial charge in [0.1, 0.15) is 0 Å². The molecule has 5 nitrogen and oxygen atoms in total. The maximum absolute atomic E-state index is 11.0. The number of non-ortho nitro benzene ring substituents is 1. The van der Waals surface area contributed by atoms with Crippen molar-refractivity contribution in [3.05, 3.63) is 93.3 Å². The van der Waals surface area contributed by atoms with Gasteiger partial charge in [0.15, 0.2) is 0 Å². The van der Waals surface area contributed by atoms with Crippen LogP contribution in [0.25, 0.3) is 17.3 Å². The Morgan fingerprint density at radius 2 is 1.92 bits per heavy atom. The number of allylic oxidation sites excluding steroid dienone is 1. The van der Waals surface area contributed by atoms with Crippen LogP contribution in [0.3, 0.4) is 0 Å². The van der Waals surface area contributed by atoms with Gasteiger partial charge in [-0.15, -0.1) is 0 Å². The highest BCUT2D eigenvalue weighted by Gasteiger charge is 2.10. The molecule has 5 heteroatoms. The summed E-state index contributed by atoms with van der Waals surface area (Å²) in [6.45, 7) is 4.12. The van der Waals surface area contributed by atoms with Crippen molar-refractivity contribution < 1.29 is 4.92 Å². The van der Waals surface area contributed by atoms with Gasteiger partial charge in [0.05, 0.1) is 16.6 Å². The number of aryl methyl sites for hydroxylation is 2. The number of aromatic nitrogens is 1. The summed E-state index contributed by atoms with van der Waals surface area (Å²) in [6, 6.07) is 18.2. The molecule has 3 aromatic rings. The second-order valence-electron chi connectivity index (χ2n) is 6.05. The molecule has 0 amide bonds. The number of benzene rings is 2. The highest BCUT2D eigenvalue weighted by molar-refractivity contribution is 5.89. The van der Waals surface area contributed by atoms with Crippen LogP contribution in [0.15, 0.2) is 60.8 Å². The standard InChI is InChI=1S/C21H17N3O2/c1-15-8-9-20(11-16(15)2)23-10-4-7-19(23)13-18(14-22)17-5-3-6-21(12-17)24(25)26/h3-13H,1-2H3. The van der Waals surface area contributed by atoms with Crippen LogP contribution in [0.5, 0.6) is 0 Å². The summed E-state index contributed by atoms with van der Waals surface area (Å²) < 4.78 is 1.99. The Morgan fingerprint density at radius 1 is 1.12 bits per heavy atom. The van der Waals surface area contributed by atoms with Gasteiger partial charge in [-0.25, -0.2) is 0 Å². The van der Waals surface area contributed by atoms with E-state index < -0.39 is 4.92 Å². The SMILES string of the molecule is Cc1ccc(-n2cccc2C=C(C#N)c2cccc([N+](=O)[O-])c2)cc1C. The molecule has 0 spiro atoms. The molecule has 1 aromatic heterocycles. The fourth-order valence-corrected chi connectivity index (χ4v) is 2.74. The second kappa shape index (κ2) is 7.08. The summed E-state index contributed by atoms with van der Waals surface area (Å²) in [4.78, 5) is 10.5. The molecule has 1 heterocycles. The van der Waals surface area contributed by atoms with E-state index in [2.05, 4.69) is 32.0 Å². The van der Waals surface area contributed by atoms with Crippen molar-refractivity contribution in [2.24, 2.45) is 0 Å². The van der Waals surface area contributed by atoms with Crippen LogP contribution in [-0.2, 0) is 0 Å². The molecule has 0 fully saturated rings. The van der Waals surface area contributed by atoms with E-state index in [1.807, 2.05) is 29.0 Å². The Labute approximate surface area is 151 Å². The minimum absolute atomic E-state index is 0.0341. The molecule has 0 aliphatic heterocycles. The normalized spacial score (nSPS) is 11.2. The van der Waals surface area contributed by atoms with E-state index in [4.69, 9.17) is 0 Å². The van der Waals surface area contributed by atoms with E-state index in [-0.39, 0.29) is 5.69 Å². The summed E-state index contributed by atoms with van der Waals surface area (Å²) in [5, 5.41) is 20.5. The van der Waals surface area contributed by atoms with Crippen LogP contribution in [0, 0.1) is 35.3 Å². The van der Waals surface area contributed by atoms with Crippen molar-refractivity contribution >= 4 is 17.3 Å². The quantitative estimate of drug-likeness (QED) is 0.377. The van der Waals surface area contributed by atoms with E-state index in [0.717, 1.165) is 11.4 Å². The zero-order valence-corrected chi connectivity index (χ0v) is 14.5. The fraction of sp³-hybridized carbons (Fsp3) is 0.0952. The third-order valence-corrected chi connectivity index (χ3v) is 4.33. The molecular formula is C21H17N3O2. The van der Waals surface area contributed by atoms with Gasteiger partial charge in [0.25, 0.3) is 5.69 Å². The van der Waals surface area contributed by atoms with Crippen molar-refractivity contribution in [2.75, 3.05) is 0 Å². The van der Waals surface area contributed by atoms with Crippen molar-refractivity contribution in [1.82, 2.24) is 4.57 Å². The number of nitro benzene ring substituents is 1. The molecule has 0 saturated carbocycles. The molecule has 0 N–H and O–H groups in total. The highest BCUT2D eigenvalue weighted by Crippen LogP contribution is 2.24. The van der Waals surface area contributed by atoms with E-state index in [1.165, 1.54) is 23.3 Å². The number of rotatable bonds is 4. The van der Waals surface area contributed by atoms with Crippen LogP contribution in [-0.4, -0.2) is 9.49 Å². The number of hydrogen-bond acceptors (Lipinski definition) is 3. The largest absolute Gasteiger partial charge is 0.317 e. The van der Waals surface area contributed by atoms with Crippen LogP contribution in [0.2, 0.25) is 0 Å². The lowest BCUT2D eigenvalue weighted by molar-refractivity contribution is -0.384. The molecule has 128 valence electrons. The Kier molecular flexibility index (Phi) is 4.68. The third-order valence-electron chi connectivity index (χ3n) is 4.33. The first-order chi connectivity index (χ1) is 12.5.